The smallest absolute Gasteiger partial charge is 0.274 e. The highest BCUT2D eigenvalue weighted by Crippen LogP contribution is 2.53. The Morgan fingerprint density at radius 1 is 0.750 bits per heavy atom. The highest BCUT2D eigenvalue weighted by molar-refractivity contribution is 5.54. The van der Waals surface area contributed by atoms with Gasteiger partial charge in [-0.05, 0) is 28.7 Å². The van der Waals surface area contributed by atoms with E-state index in [-0.39, 0.29) is 5.92 Å². The Hall–Kier alpha value is -3.04. The maximum atomic E-state index is 12.4. The molecule has 3 nitrogen and oxygen atoms in total. The lowest BCUT2D eigenvalue weighted by atomic mass is 9.75. The van der Waals surface area contributed by atoms with Crippen LogP contribution in [0.15, 0.2) is 91.4 Å². The van der Waals surface area contributed by atoms with E-state index in [2.05, 4.69) is 18.2 Å². The van der Waals surface area contributed by atoms with Gasteiger partial charge < -0.3 is 14.6 Å². The van der Waals surface area contributed by atoms with E-state index < -0.39 is 11.4 Å². The quantitative estimate of drug-likeness (QED) is 0.709. The Morgan fingerprint density at radius 3 is 2.04 bits per heavy atom. The summed E-state index contributed by atoms with van der Waals surface area (Å²) in [6.45, 7) is 1.88. The van der Waals surface area contributed by atoms with Gasteiger partial charge in [-0.3, -0.25) is 0 Å². The molecule has 0 saturated heterocycles. The maximum Gasteiger partial charge on any atom is 0.274 e. The van der Waals surface area contributed by atoms with Crippen molar-refractivity contribution in [3.05, 3.63) is 119 Å². The van der Waals surface area contributed by atoms with E-state index in [1.807, 2.05) is 67.6 Å². The van der Waals surface area contributed by atoms with Crippen molar-refractivity contribution in [2.24, 2.45) is 0 Å². The second-order valence-corrected chi connectivity index (χ2v) is 7.59. The molecule has 0 spiro atoms. The summed E-state index contributed by atoms with van der Waals surface area (Å²) < 4.78 is 11.6. The molecule has 0 saturated carbocycles. The van der Waals surface area contributed by atoms with Crippen molar-refractivity contribution in [1.82, 2.24) is 0 Å². The van der Waals surface area contributed by atoms with E-state index in [1.54, 1.807) is 12.5 Å². The molecule has 0 amide bonds. The fourth-order valence-electron chi connectivity index (χ4n) is 4.68. The van der Waals surface area contributed by atoms with Gasteiger partial charge >= 0.3 is 0 Å². The Labute approximate surface area is 164 Å². The van der Waals surface area contributed by atoms with E-state index in [0.717, 1.165) is 28.7 Å². The summed E-state index contributed by atoms with van der Waals surface area (Å²) in [6, 6.07) is 26.3. The average Bonchev–Trinajstić information content (AvgIpc) is 3.32. The Balaban J connectivity index is 1.75. The molecule has 2 aliphatic rings. The van der Waals surface area contributed by atoms with E-state index in [1.165, 1.54) is 5.56 Å². The number of hydrogen-bond donors (Lipinski definition) is 1. The lowest BCUT2D eigenvalue weighted by molar-refractivity contribution is -0.135. The third kappa shape index (κ3) is 2.40. The molecular weight excluding hydrogens is 348 g/mol. The molecule has 140 valence electrons. The number of ether oxygens (including phenoxy) is 2. The molecule has 3 heteroatoms. The molecule has 1 heterocycles. The molecule has 3 aromatic rings. The van der Waals surface area contributed by atoms with Gasteiger partial charge in [0.15, 0.2) is 0 Å². The molecule has 3 aromatic carbocycles. The van der Waals surface area contributed by atoms with Gasteiger partial charge in [0.1, 0.15) is 18.1 Å². The first-order valence-corrected chi connectivity index (χ1v) is 9.59. The van der Waals surface area contributed by atoms with Gasteiger partial charge in [0, 0.05) is 18.4 Å². The predicted octanol–water partition coefficient (Wildman–Crippen LogP) is 4.95. The normalized spacial score (nSPS) is 24.4. The maximum absolute atomic E-state index is 12.4. The van der Waals surface area contributed by atoms with Crippen molar-refractivity contribution in [2.45, 2.75) is 30.7 Å². The van der Waals surface area contributed by atoms with E-state index in [9.17, 15) is 5.11 Å². The van der Waals surface area contributed by atoms with Crippen LogP contribution in [-0.2, 0) is 27.3 Å². The zero-order chi connectivity index (χ0) is 19.2. The van der Waals surface area contributed by atoms with Crippen molar-refractivity contribution in [3.8, 4) is 0 Å². The molecule has 1 aliphatic heterocycles. The first kappa shape index (κ1) is 17.1. The molecule has 28 heavy (non-hydrogen) atoms. The summed E-state index contributed by atoms with van der Waals surface area (Å²) in [5.74, 6) is -1.05. The fraction of sp³-hybridized carbons (Fsp3) is 0.200. The summed E-state index contributed by atoms with van der Waals surface area (Å²) >= 11 is 0. The second-order valence-electron chi connectivity index (χ2n) is 7.59. The summed E-state index contributed by atoms with van der Waals surface area (Å²) in [6.07, 6.45) is 3.89. The van der Waals surface area contributed by atoms with Crippen LogP contribution in [0.1, 0.15) is 40.7 Å². The SMILES string of the molecule is CC1(c2ccccc2C2(O)c3ccccc3CC2c2ccccc2)OC=CO1. The standard InChI is InChI=1S/C25H22O3/c1-24(27-15-16-28-24)21-13-7-8-14-22(21)25(26)20-12-6-5-11-19(20)17-23(25)18-9-3-2-4-10-18/h2-16,23,26H,17H2,1H3. The highest BCUT2D eigenvalue weighted by Gasteiger charge is 2.50. The topological polar surface area (TPSA) is 38.7 Å². The van der Waals surface area contributed by atoms with Gasteiger partial charge in [0.2, 0.25) is 0 Å². The van der Waals surface area contributed by atoms with Gasteiger partial charge in [-0.1, -0.05) is 78.9 Å². The average molecular weight is 370 g/mol. The van der Waals surface area contributed by atoms with Crippen LogP contribution >= 0.6 is 0 Å². The molecule has 0 fully saturated rings. The number of hydrogen-bond acceptors (Lipinski definition) is 3. The molecule has 0 bridgehead atoms. The number of fused-ring (bicyclic) bond motifs is 1. The van der Waals surface area contributed by atoms with Gasteiger partial charge in [0.05, 0.1) is 0 Å². The third-order valence-corrected chi connectivity index (χ3v) is 6.03. The Bertz CT molecular complexity index is 1030. The van der Waals surface area contributed by atoms with Crippen molar-refractivity contribution >= 4 is 0 Å². The molecule has 0 aromatic heterocycles. The van der Waals surface area contributed by atoms with E-state index in [4.69, 9.17) is 9.47 Å². The van der Waals surface area contributed by atoms with Crippen LogP contribution in [0.4, 0.5) is 0 Å². The predicted molar refractivity (Wildman–Crippen MR) is 107 cm³/mol. The summed E-state index contributed by atoms with van der Waals surface area (Å²) in [5.41, 5.74) is 3.72. The van der Waals surface area contributed by atoms with Crippen LogP contribution in [-0.4, -0.2) is 5.11 Å². The summed E-state index contributed by atoms with van der Waals surface area (Å²) in [4.78, 5) is 0. The van der Waals surface area contributed by atoms with Crippen LogP contribution in [0, 0.1) is 0 Å². The monoisotopic (exact) mass is 370 g/mol. The Kier molecular flexibility index (Phi) is 3.81. The van der Waals surface area contributed by atoms with Gasteiger partial charge in [0.25, 0.3) is 5.79 Å². The Morgan fingerprint density at radius 2 is 1.32 bits per heavy atom. The zero-order valence-corrected chi connectivity index (χ0v) is 15.7. The van der Waals surface area contributed by atoms with Crippen molar-refractivity contribution in [1.29, 1.82) is 0 Å². The van der Waals surface area contributed by atoms with Crippen LogP contribution in [0.2, 0.25) is 0 Å². The van der Waals surface area contributed by atoms with Crippen LogP contribution in [0.5, 0.6) is 0 Å². The lowest BCUT2D eigenvalue weighted by Gasteiger charge is -2.36. The first-order chi connectivity index (χ1) is 13.6. The van der Waals surface area contributed by atoms with E-state index in [0.29, 0.717) is 0 Å². The van der Waals surface area contributed by atoms with Crippen LogP contribution in [0.25, 0.3) is 0 Å². The van der Waals surface area contributed by atoms with Crippen molar-refractivity contribution in [3.63, 3.8) is 0 Å². The minimum atomic E-state index is -1.17. The summed E-state index contributed by atoms with van der Waals surface area (Å²) in [5, 5.41) is 12.4. The number of rotatable bonds is 3. The summed E-state index contributed by atoms with van der Waals surface area (Å²) in [7, 11) is 0. The zero-order valence-electron chi connectivity index (χ0n) is 15.7. The number of aliphatic hydroxyl groups is 1. The molecule has 1 aliphatic carbocycles. The van der Waals surface area contributed by atoms with Gasteiger partial charge in [-0.2, -0.15) is 0 Å². The molecule has 0 radical (unpaired) electrons. The molecule has 1 N–H and O–H groups in total. The largest absolute Gasteiger partial charge is 0.453 e. The molecule has 2 unspecified atom stereocenters. The molecular formula is C25H22O3. The fourth-order valence-corrected chi connectivity index (χ4v) is 4.68. The first-order valence-electron chi connectivity index (χ1n) is 9.59. The second kappa shape index (κ2) is 6.25. The highest BCUT2D eigenvalue weighted by atomic mass is 16.7. The molecule has 2 atom stereocenters. The van der Waals surface area contributed by atoms with Gasteiger partial charge in [-0.15, -0.1) is 0 Å². The minimum absolute atomic E-state index is 0.0924. The van der Waals surface area contributed by atoms with E-state index >= 15 is 0 Å². The van der Waals surface area contributed by atoms with Crippen LogP contribution < -0.4 is 0 Å². The minimum Gasteiger partial charge on any atom is -0.453 e. The van der Waals surface area contributed by atoms with Crippen LogP contribution in [0.3, 0.4) is 0 Å². The molecule has 5 rings (SSSR count). The lowest BCUT2D eigenvalue weighted by Crippen LogP contribution is -2.36. The van der Waals surface area contributed by atoms with Crippen molar-refractivity contribution < 1.29 is 14.6 Å². The third-order valence-electron chi connectivity index (χ3n) is 6.03. The van der Waals surface area contributed by atoms with Crippen molar-refractivity contribution in [2.75, 3.05) is 0 Å². The number of benzene rings is 3. The van der Waals surface area contributed by atoms with Gasteiger partial charge in [-0.25, -0.2) is 0 Å².